The number of aromatic nitrogens is 3. The smallest absolute Gasteiger partial charge is 0.335 e. The van der Waals surface area contributed by atoms with Gasteiger partial charge in [0.15, 0.2) is 0 Å². The van der Waals surface area contributed by atoms with E-state index < -0.39 is 23.4 Å². The highest BCUT2D eigenvalue weighted by Crippen LogP contribution is 2.26. The average molecular weight is 465 g/mol. The van der Waals surface area contributed by atoms with Gasteiger partial charge in [-0.15, -0.1) is 0 Å². The molecule has 1 saturated carbocycles. The molecule has 0 aliphatic heterocycles. The van der Waals surface area contributed by atoms with Gasteiger partial charge in [0.2, 0.25) is 5.62 Å². The van der Waals surface area contributed by atoms with E-state index in [1.807, 2.05) is 43.3 Å². The Morgan fingerprint density at radius 3 is 2.41 bits per heavy atom. The van der Waals surface area contributed by atoms with Crippen LogP contribution in [-0.2, 0) is 11.3 Å². The molecule has 2 aromatic carbocycles. The van der Waals surface area contributed by atoms with E-state index in [4.69, 9.17) is 9.84 Å². The Kier molecular flexibility index (Phi) is 6.81. The molecule has 1 heterocycles. The second kappa shape index (κ2) is 9.94. The van der Waals surface area contributed by atoms with Crippen LogP contribution in [-0.4, -0.2) is 31.3 Å². The van der Waals surface area contributed by atoms with Crippen LogP contribution in [0.5, 0.6) is 5.75 Å². The number of hydrogen-bond donors (Lipinski definition) is 2. The largest absolute Gasteiger partial charge is 0.490 e. The van der Waals surface area contributed by atoms with Crippen LogP contribution in [0.15, 0.2) is 63.1 Å². The molecule has 1 fully saturated rings. The molecule has 9 nitrogen and oxygen atoms in total. The van der Waals surface area contributed by atoms with Crippen LogP contribution in [0.25, 0.3) is 0 Å². The Balaban J connectivity index is 1.76. The zero-order valence-electron chi connectivity index (χ0n) is 19.2. The number of aryl methyl sites for hydroxylation is 1. The number of aliphatic carboxylic acids is 1. The van der Waals surface area contributed by atoms with Gasteiger partial charge in [0, 0.05) is 0 Å². The number of ether oxygens (including phenoxy) is 1. The highest BCUT2D eigenvalue weighted by Gasteiger charge is 2.19. The molecule has 9 heteroatoms. The second-order valence-electron chi connectivity index (χ2n) is 8.70. The van der Waals surface area contributed by atoms with Crippen LogP contribution in [0.1, 0.15) is 49.8 Å². The average Bonchev–Trinajstić information content (AvgIpc) is 2.75. The number of hydrogen-bond acceptors (Lipinski definition) is 5. The molecule has 0 radical (unpaired) electrons. The first-order chi connectivity index (χ1) is 16.3. The van der Waals surface area contributed by atoms with Crippen LogP contribution in [0.3, 0.4) is 0 Å². The van der Waals surface area contributed by atoms with Gasteiger partial charge in [0.05, 0.1) is 30.8 Å². The molecule has 1 aromatic heterocycles. The first-order valence-corrected chi connectivity index (χ1v) is 11.3. The molecule has 1 aliphatic rings. The minimum absolute atomic E-state index is 0.0852. The van der Waals surface area contributed by atoms with Gasteiger partial charge in [-0.3, -0.25) is 14.3 Å². The van der Waals surface area contributed by atoms with Crippen LogP contribution >= 0.6 is 0 Å². The SMILES string of the molecule is Cc1ccc(Cn2c(=O)n([C@@H](C)CC(=O)O)c(=O)[nH]/c2=N\c2ccc(OC3CCC3)cc2)cc1. The summed E-state index contributed by atoms with van der Waals surface area (Å²) < 4.78 is 8.15. The van der Waals surface area contributed by atoms with Crippen molar-refractivity contribution in [1.29, 1.82) is 0 Å². The summed E-state index contributed by atoms with van der Waals surface area (Å²) >= 11 is 0. The van der Waals surface area contributed by atoms with Crippen molar-refractivity contribution in [3.05, 3.63) is 86.2 Å². The summed E-state index contributed by atoms with van der Waals surface area (Å²) in [5.41, 5.74) is 1.23. The standard InChI is InChI=1S/C25H28N4O5/c1-16-6-8-18(9-7-16)15-28-23(27-24(32)29(25(28)33)17(2)14-22(30)31)26-19-10-12-21(13-11-19)34-20-4-3-5-20/h6-13,17,20H,3-5,14-15H2,1-2H3,(H,30,31)(H,26,27,32)/t17-/m0/s1. The first kappa shape index (κ1) is 23.3. The number of rotatable bonds is 8. The van der Waals surface area contributed by atoms with E-state index in [1.165, 1.54) is 17.9 Å². The van der Waals surface area contributed by atoms with Crippen LogP contribution in [0.4, 0.5) is 5.69 Å². The summed E-state index contributed by atoms with van der Waals surface area (Å²) in [4.78, 5) is 44.5. The lowest BCUT2D eigenvalue weighted by Crippen LogP contribution is -2.51. The molecule has 0 unspecified atom stereocenters. The van der Waals surface area contributed by atoms with Crippen LogP contribution in [0, 0.1) is 6.92 Å². The predicted molar refractivity (Wildman–Crippen MR) is 126 cm³/mol. The number of nitrogens with one attached hydrogen (secondary N) is 1. The fourth-order valence-electron chi connectivity index (χ4n) is 3.77. The van der Waals surface area contributed by atoms with Crippen molar-refractivity contribution in [2.24, 2.45) is 4.99 Å². The summed E-state index contributed by atoms with van der Waals surface area (Å²) in [7, 11) is 0. The lowest BCUT2D eigenvalue weighted by Gasteiger charge is -2.26. The lowest BCUT2D eigenvalue weighted by atomic mass is 9.96. The topological polar surface area (TPSA) is 119 Å². The van der Waals surface area contributed by atoms with Gasteiger partial charge in [-0.05, 0) is 62.9 Å². The Labute approximate surface area is 196 Å². The van der Waals surface area contributed by atoms with Crippen molar-refractivity contribution in [3.63, 3.8) is 0 Å². The van der Waals surface area contributed by atoms with Crippen LogP contribution < -0.4 is 21.7 Å². The third-order valence-electron chi connectivity index (χ3n) is 5.93. The molecule has 0 spiro atoms. The highest BCUT2D eigenvalue weighted by molar-refractivity contribution is 5.67. The number of nitrogens with zero attached hydrogens (tertiary/aromatic N) is 3. The third kappa shape index (κ3) is 5.36. The number of benzene rings is 2. The van der Waals surface area contributed by atoms with Gasteiger partial charge in [0.25, 0.3) is 0 Å². The number of H-pyrrole nitrogens is 1. The van der Waals surface area contributed by atoms with Gasteiger partial charge in [-0.25, -0.2) is 19.1 Å². The number of carboxylic acid groups (broad SMARTS) is 1. The molecule has 0 saturated heterocycles. The minimum atomic E-state index is -1.10. The fourth-order valence-corrected chi connectivity index (χ4v) is 3.77. The molecular formula is C25H28N4O5. The quantitative estimate of drug-likeness (QED) is 0.531. The van der Waals surface area contributed by atoms with Gasteiger partial charge in [-0.2, -0.15) is 0 Å². The second-order valence-corrected chi connectivity index (χ2v) is 8.70. The van der Waals surface area contributed by atoms with Crippen molar-refractivity contribution in [3.8, 4) is 5.75 Å². The van der Waals surface area contributed by atoms with E-state index in [-0.39, 0.29) is 24.7 Å². The summed E-state index contributed by atoms with van der Waals surface area (Å²) in [6, 6.07) is 14.0. The zero-order chi connectivity index (χ0) is 24.2. The van der Waals surface area contributed by atoms with Gasteiger partial charge in [-0.1, -0.05) is 29.8 Å². The Morgan fingerprint density at radius 2 is 1.82 bits per heavy atom. The maximum absolute atomic E-state index is 13.3. The minimum Gasteiger partial charge on any atom is -0.490 e. The Hall–Kier alpha value is -3.88. The Bertz CT molecular complexity index is 1350. The van der Waals surface area contributed by atoms with E-state index in [1.54, 1.807) is 12.1 Å². The van der Waals surface area contributed by atoms with Crippen molar-refractivity contribution >= 4 is 11.7 Å². The van der Waals surface area contributed by atoms with E-state index >= 15 is 0 Å². The molecule has 1 atom stereocenters. The third-order valence-corrected chi connectivity index (χ3v) is 5.93. The molecular weight excluding hydrogens is 436 g/mol. The number of carbonyl (C=O) groups is 1. The van der Waals surface area contributed by atoms with Crippen molar-refractivity contribution in [2.75, 3.05) is 0 Å². The summed E-state index contributed by atoms with van der Waals surface area (Å²) in [5.74, 6) is -0.343. The van der Waals surface area contributed by atoms with E-state index in [9.17, 15) is 14.4 Å². The van der Waals surface area contributed by atoms with E-state index in [0.717, 1.165) is 34.3 Å². The number of aromatic amines is 1. The molecule has 0 amide bonds. The first-order valence-electron chi connectivity index (χ1n) is 11.3. The van der Waals surface area contributed by atoms with Gasteiger partial charge in [0.1, 0.15) is 5.75 Å². The molecule has 34 heavy (non-hydrogen) atoms. The highest BCUT2D eigenvalue weighted by atomic mass is 16.5. The molecule has 1 aliphatic carbocycles. The molecule has 2 N–H and O–H groups in total. The number of carboxylic acids is 1. The van der Waals surface area contributed by atoms with E-state index in [0.29, 0.717) is 5.69 Å². The monoisotopic (exact) mass is 464 g/mol. The summed E-state index contributed by atoms with van der Waals surface area (Å²) in [5, 5.41) is 9.14. The summed E-state index contributed by atoms with van der Waals surface area (Å²) in [6.45, 7) is 3.66. The zero-order valence-corrected chi connectivity index (χ0v) is 19.2. The fraction of sp³-hybridized carbons (Fsp3) is 0.360. The normalized spacial score (nSPS) is 15.1. The predicted octanol–water partition coefficient (Wildman–Crippen LogP) is 2.89. The van der Waals surface area contributed by atoms with Crippen LogP contribution in [0.2, 0.25) is 0 Å². The van der Waals surface area contributed by atoms with Gasteiger partial charge >= 0.3 is 17.3 Å². The maximum Gasteiger partial charge on any atom is 0.335 e. The van der Waals surface area contributed by atoms with Crippen molar-refractivity contribution in [2.45, 2.75) is 58.2 Å². The molecule has 3 aromatic rings. The Morgan fingerprint density at radius 1 is 1.15 bits per heavy atom. The van der Waals surface area contributed by atoms with Crippen molar-refractivity contribution < 1.29 is 14.6 Å². The summed E-state index contributed by atoms with van der Waals surface area (Å²) in [6.07, 6.45) is 3.21. The maximum atomic E-state index is 13.3. The molecule has 0 bridgehead atoms. The molecule has 4 rings (SSSR count). The van der Waals surface area contributed by atoms with E-state index in [2.05, 4.69) is 9.98 Å². The van der Waals surface area contributed by atoms with Crippen molar-refractivity contribution in [1.82, 2.24) is 14.1 Å². The lowest BCUT2D eigenvalue weighted by molar-refractivity contribution is -0.137. The molecule has 178 valence electrons. The van der Waals surface area contributed by atoms with Gasteiger partial charge < -0.3 is 9.84 Å².